The van der Waals surface area contributed by atoms with Crippen LogP contribution in [0.1, 0.15) is 35.7 Å². The molecule has 4 heterocycles. The summed E-state index contributed by atoms with van der Waals surface area (Å²) < 4.78 is 45.9. The Kier molecular flexibility index (Phi) is 5.53. The summed E-state index contributed by atoms with van der Waals surface area (Å²) in [5.74, 6) is 0.276. The van der Waals surface area contributed by atoms with Crippen LogP contribution in [0.25, 0.3) is 0 Å². The molecule has 160 valence electrons. The third kappa shape index (κ3) is 3.80. The highest BCUT2D eigenvalue weighted by Crippen LogP contribution is 2.39. The van der Waals surface area contributed by atoms with Gasteiger partial charge >= 0.3 is 6.18 Å². The van der Waals surface area contributed by atoms with Gasteiger partial charge in [-0.05, 0) is 49.9 Å². The second-order valence-corrected chi connectivity index (χ2v) is 7.51. The molecule has 4 rings (SSSR count). The van der Waals surface area contributed by atoms with E-state index in [1.54, 1.807) is 28.1 Å². The number of rotatable bonds is 4. The number of halogens is 3. The molecule has 6 nitrogen and oxygen atoms in total. The fourth-order valence-corrected chi connectivity index (χ4v) is 4.42. The molecule has 0 saturated carbocycles. The van der Waals surface area contributed by atoms with Crippen LogP contribution in [0.3, 0.4) is 0 Å². The van der Waals surface area contributed by atoms with Gasteiger partial charge in [0, 0.05) is 32.0 Å². The second-order valence-electron chi connectivity index (χ2n) is 7.51. The normalized spacial score (nSPS) is 21.5. The third-order valence-electron chi connectivity index (χ3n) is 5.80. The maximum Gasteiger partial charge on any atom is 0.419 e. The maximum absolute atomic E-state index is 13.5. The average molecular weight is 420 g/mol. The van der Waals surface area contributed by atoms with E-state index in [0.29, 0.717) is 38.2 Å². The van der Waals surface area contributed by atoms with Crippen LogP contribution >= 0.6 is 0 Å². The molecule has 0 spiro atoms. The lowest BCUT2D eigenvalue weighted by atomic mass is 9.91. The van der Waals surface area contributed by atoms with Crippen molar-refractivity contribution in [3.05, 3.63) is 47.8 Å². The molecule has 2 unspecified atom stereocenters. The number of fused-ring (bicyclic) bond motifs is 1. The van der Waals surface area contributed by atoms with Crippen molar-refractivity contribution < 1.29 is 22.7 Å². The van der Waals surface area contributed by atoms with Gasteiger partial charge in [-0.25, -0.2) is 9.97 Å². The van der Waals surface area contributed by atoms with Gasteiger partial charge in [0.15, 0.2) is 0 Å². The van der Waals surface area contributed by atoms with Crippen molar-refractivity contribution >= 4 is 11.7 Å². The van der Waals surface area contributed by atoms with Gasteiger partial charge in [-0.15, -0.1) is 0 Å². The smallest absolute Gasteiger partial charge is 0.419 e. The maximum atomic E-state index is 13.5. The van der Waals surface area contributed by atoms with Gasteiger partial charge in [0.2, 0.25) is 5.88 Å². The first-order chi connectivity index (χ1) is 14.4. The molecule has 9 heteroatoms. The standard InChI is InChI=1S/C21H23F3N4O2/c1-2-30-19-15(5-3-10-26-19)20(29)28-12-8-14-7-11-27(13-17(14)28)18-16(21(22,23)24)6-4-9-25-18/h3-6,9-10,14,17H,2,7-8,11-13H2,1H3. The highest BCUT2D eigenvalue weighted by Gasteiger charge is 2.43. The van der Waals surface area contributed by atoms with Crippen LogP contribution in [0, 0.1) is 5.92 Å². The molecular weight excluding hydrogens is 397 g/mol. The minimum Gasteiger partial charge on any atom is -0.477 e. The van der Waals surface area contributed by atoms with E-state index in [-0.39, 0.29) is 29.6 Å². The van der Waals surface area contributed by atoms with E-state index in [9.17, 15) is 18.0 Å². The highest BCUT2D eigenvalue weighted by molar-refractivity contribution is 5.96. The number of alkyl halides is 3. The number of nitrogens with zero attached hydrogens (tertiary/aromatic N) is 4. The number of amides is 1. The van der Waals surface area contributed by atoms with Crippen molar-refractivity contribution in [3.8, 4) is 5.88 Å². The molecule has 30 heavy (non-hydrogen) atoms. The van der Waals surface area contributed by atoms with Gasteiger partial charge in [-0.2, -0.15) is 13.2 Å². The van der Waals surface area contributed by atoms with E-state index in [1.807, 2.05) is 6.92 Å². The van der Waals surface area contributed by atoms with Gasteiger partial charge < -0.3 is 14.5 Å². The minimum atomic E-state index is -4.48. The fraction of sp³-hybridized carbons (Fsp3) is 0.476. The fourth-order valence-electron chi connectivity index (χ4n) is 4.42. The number of hydrogen-bond acceptors (Lipinski definition) is 5. The largest absolute Gasteiger partial charge is 0.477 e. The number of ether oxygens (including phenoxy) is 1. The van der Waals surface area contributed by atoms with E-state index in [0.717, 1.165) is 12.5 Å². The molecule has 2 aliphatic rings. The van der Waals surface area contributed by atoms with E-state index in [1.165, 1.54) is 12.3 Å². The van der Waals surface area contributed by atoms with Crippen LogP contribution < -0.4 is 9.64 Å². The first-order valence-corrected chi connectivity index (χ1v) is 10.1. The zero-order valence-corrected chi connectivity index (χ0v) is 16.6. The summed E-state index contributed by atoms with van der Waals surface area (Å²) >= 11 is 0. The highest BCUT2D eigenvalue weighted by atomic mass is 19.4. The summed E-state index contributed by atoms with van der Waals surface area (Å²) in [5.41, 5.74) is -0.365. The van der Waals surface area contributed by atoms with Crippen molar-refractivity contribution in [1.82, 2.24) is 14.9 Å². The lowest BCUT2D eigenvalue weighted by Gasteiger charge is -2.39. The molecule has 2 aromatic heterocycles. The number of carbonyl (C=O) groups excluding carboxylic acids is 1. The topological polar surface area (TPSA) is 58.6 Å². The number of hydrogen-bond donors (Lipinski definition) is 0. The number of anilines is 1. The van der Waals surface area contributed by atoms with Crippen LogP contribution in [0.2, 0.25) is 0 Å². The van der Waals surface area contributed by atoms with Crippen molar-refractivity contribution in [2.24, 2.45) is 5.92 Å². The van der Waals surface area contributed by atoms with E-state index < -0.39 is 11.7 Å². The SMILES string of the molecule is CCOc1ncccc1C(=O)N1CCC2CCN(c3ncccc3C(F)(F)F)CC21. The Bertz CT molecular complexity index is 921. The summed E-state index contributed by atoms with van der Waals surface area (Å²) in [5, 5.41) is 0. The van der Waals surface area contributed by atoms with Crippen LogP contribution in [-0.2, 0) is 6.18 Å². The molecule has 0 bridgehead atoms. The monoisotopic (exact) mass is 420 g/mol. The summed E-state index contributed by atoms with van der Waals surface area (Å²) in [4.78, 5) is 24.8. The molecule has 2 fully saturated rings. The molecule has 0 radical (unpaired) electrons. The summed E-state index contributed by atoms with van der Waals surface area (Å²) in [6.07, 6.45) is 0.0130. The first kappa shape index (κ1) is 20.4. The number of pyridine rings is 2. The molecule has 0 aromatic carbocycles. The van der Waals surface area contributed by atoms with Gasteiger partial charge in [-0.1, -0.05) is 0 Å². The molecule has 1 amide bonds. The molecular formula is C21H23F3N4O2. The molecule has 0 aliphatic carbocycles. The van der Waals surface area contributed by atoms with Crippen molar-refractivity contribution in [3.63, 3.8) is 0 Å². The van der Waals surface area contributed by atoms with Gasteiger partial charge in [-0.3, -0.25) is 4.79 Å². The van der Waals surface area contributed by atoms with Gasteiger partial charge in [0.1, 0.15) is 11.4 Å². The van der Waals surface area contributed by atoms with E-state index in [4.69, 9.17) is 4.74 Å². The molecule has 2 saturated heterocycles. The summed E-state index contributed by atoms with van der Waals surface area (Å²) in [7, 11) is 0. The number of likely N-dealkylation sites (tertiary alicyclic amines) is 1. The molecule has 0 N–H and O–H groups in total. The average Bonchev–Trinajstić information content (AvgIpc) is 3.16. The summed E-state index contributed by atoms with van der Waals surface area (Å²) in [6.45, 7) is 3.58. The van der Waals surface area contributed by atoms with E-state index in [2.05, 4.69) is 9.97 Å². The zero-order chi connectivity index (χ0) is 21.3. The lowest BCUT2D eigenvalue weighted by Crippen LogP contribution is -2.50. The number of aromatic nitrogens is 2. The minimum absolute atomic E-state index is 0.0702. The van der Waals surface area contributed by atoms with Crippen LogP contribution in [0.4, 0.5) is 19.0 Å². The Labute approximate surface area is 172 Å². The third-order valence-corrected chi connectivity index (χ3v) is 5.80. The van der Waals surface area contributed by atoms with Crippen molar-refractivity contribution in [2.45, 2.75) is 32.0 Å². The Balaban J connectivity index is 1.59. The van der Waals surface area contributed by atoms with Crippen molar-refractivity contribution in [1.29, 1.82) is 0 Å². The Morgan fingerprint density at radius 3 is 2.67 bits per heavy atom. The van der Waals surface area contributed by atoms with Crippen LogP contribution in [0.5, 0.6) is 5.88 Å². The van der Waals surface area contributed by atoms with E-state index >= 15 is 0 Å². The van der Waals surface area contributed by atoms with Crippen LogP contribution in [-0.4, -0.2) is 53.1 Å². The predicted octanol–water partition coefficient (Wildman–Crippen LogP) is 3.64. The van der Waals surface area contributed by atoms with Gasteiger partial charge in [0.05, 0.1) is 18.2 Å². The molecule has 2 aliphatic heterocycles. The van der Waals surface area contributed by atoms with Crippen molar-refractivity contribution in [2.75, 3.05) is 31.1 Å². The number of piperidine rings is 1. The Morgan fingerprint density at radius 1 is 1.17 bits per heavy atom. The second kappa shape index (κ2) is 8.12. The van der Waals surface area contributed by atoms with Gasteiger partial charge in [0.25, 0.3) is 5.91 Å². The predicted molar refractivity (Wildman–Crippen MR) is 104 cm³/mol. The number of carbonyl (C=O) groups is 1. The molecule has 2 aromatic rings. The first-order valence-electron chi connectivity index (χ1n) is 10.1. The summed E-state index contributed by atoms with van der Waals surface area (Å²) in [6, 6.07) is 5.52. The van der Waals surface area contributed by atoms with Crippen LogP contribution in [0.15, 0.2) is 36.7 Å². The zero-order valence-electron chi connectivity index (χ0n) is 16.6. The Morgan fingerprint density at radius 2 is 1.90 bits per heavy atom. The Hall–Kier alpha value is -2.84. The quantitative estimate of drug-likeness (QED) is 0.756. The lowest BCUT2D eigenvalue weighted by molar-refractivity contribution is -0.137. The molecule has 2 atom stereocenters.